The quantitative estimate of drug-likeness (QED) is 0.391. The van der Waals surface area contributed by atoms with Crippen LogP contribution in [0.1, 0.15) is 5.56 Å². The van der Waals surface area contributed by atoms with Crippen molar-refractivity contribution in [1.82, 2.24) is 4.98 Å². The van der Waals surface area contributed by atoms with Crippen molar-refractivity contribution < 1.29 is 14.8 Å². The van der Waals surface area contributed by atoms with Crippen LogP contribution in [-0.4, -0.2) is 28.3 Å². The zero-order valence-corrected chi connectivity index (χ0v) is 14.7. The second-order valence-electron chi connectivity index (χ2n) is 4.71. The third-order valence-corrected chi connectivity index (χ3v) is 4.60. The van der Waals surface area contributed by atoms with Crippen LogP contribution in [0.15, 0.2) is 39.8 Å². The number of nitro benzene ring substituents is 1. The number of halogens is 1. The first kappa shape index (κ1) is 16.3. The van der Waals surface area contributed by atoms with Gasteiger partial charge < -0.3 is 9.84 Å². The molecule has 0 amide bonds. The predicted molar refractivity (Wildman–Crippen MR) is 95.9 cm³/mol. The number of nitrogens with zero attached hydrogens (tertiary/aromatic N) is 3. The van der Waals surface area contributed by atoms with Crippen LogP contribution in [0.3, 0.4) is 0 Å². The minimum absolute atomic E-state index is 0.182. The first-order valence-corrected chi connectivity index (χ1v) is 8.24. The number of methoxy groups -OCH3 is 1. The van der Waals surface area contributed by atoms with Gasteiger partial charge in [0, 0.05) is 16.3 Å². The van der Waals surface area contributed by atoms with Crippen LogP contribution in [-0.2, 0) is 0 Å². The second-order valence-corrected chi connectivity index (χ2v) is 6.63. The Kier molecular flexibility index (Phi) is 4.45. The van der Waals surface area contributed by atoms with E-state index in [0.717, 1.165) is 20.8 Å². The van der Waals surface area contributed by atoms with Crippen molar-refractivity contribution in [3.63, 3.8) is 0 Å². The van der Waals surface area contributed by atoms with Crippen molar-refractivity contribution in [3.05, 3.63) is 50.5 Å². The highest BCUT2D eigenvalue weighted by molar-refractivity contribution is 9.10. The summed E-state index contributed by atoms with van der Waals surface area (Å²) in [6.07, 6.45) is 1.33. The summed E-state index contributed by atoms with van der Waals surface area (Å²) in [4.78, 5) is 18.9. The fourth-order valence-electron chi connectivity index (χ4n) is 2.04. The summed E-state index contributed by atoms with van der Waals surface area (Å²) < 4.78 is 6.91. The Morgan fingerprint density at radius 1 is 1.42 bits per heavy atom. The molecule has 7 nitrogen and oxygen atoms in total. The molecule has 1 N–H and O–H groups in total. The summed E-state index contributed by atoms with van der Waals surface area (Å²) in [6, 6.07) is 8.30. The van der Waals surface area contributed by atoms with E-state index in [2.05, 4.69) is 25.9 Å². The first-order valence-electron chi connectivity index (χ1n) is 6.63. The SMILES string of the molecule is COc1cc(/C=N/c2nc3ccc(Br)cc3s2)c(O)c([N+](=O)[O-])c1. The molecule has 0 spiro atoms. The second kappa shape index (κ2) is 6.54. The maximum absolute atomic E-state index is 11.0. The summed E-state index contributed by atoms with van der Waals surface area (Å²) in [5.74, 6) is -0.206. The molecular formula is C15H10BrN3O4S. The standard InChI is InChI=1S/C15H10BrN3O4S/c1-23-10-4-8(14(20)12(6-10)19(21)22)7-17-15-18-11-3-2-9(16)5-13(11)24-15/h2-7,20H,1H3/b17-7+. The highest BCUT2D eigenvalue weighted by atomic mass is 79.9. The van der Waals surface area contributed by atoms with E-state index in [1.165, 1.54) is 30.7 Å². The van der Waals surface area contributed by atoms with Gasteiger partial charge in [0.2, 0.25) is 10.9 Å². The summed E-state index contributed by atoms with van der Waals surface area (Å²) in [7, 11) is 1.39. The van der Waals surface area contributed by atoms with Gasteiger partial charge in [0.25, 0.3) is 0 Å². The average molecular weight is 408 g/mol. The van der Waals surface area contributed by atoms with Gasteiger partial charge in [-0.25, -0.2) is 9.98 Å². The zero-order valence-electron chi connectivity index (χ0n) is 12.3. The molecule has 0 bridgehead atoms. The molecule has 0 aliphatic heterocycles. The molecule has 0 aliphatic carbocycles. The average Bonchev–Trinajstić information content (AvgIpc) is 2.95. The van der Waals surface area contributed by atoms with E-state index in [1.54, 1.807) is 0 Å². The van der Waals surface area contributed by atoms with Gasteiger partial charge in [-0.1, -0.05) is 27.3 Å². The van der Waals surface area contributed by atoms with Gasteiger partial charge in [-0.15, -0.1) is 0 Å². The van der Waals surface area contributed by atoms with Crippen LogP contribution < -0.4 is 4.74 Å². The maximum atomic E-state index is 11.0. The Bertz CT molecular complexity index is 971. The first-order chi connectivity index (χ1) is 11.5. The predicted octanol–water partition coefficient (Wildman–Crippen LogP) is 4.43. The van der Waals surface area contributed by atoms with Gasteiger partial charge in [0.05, 0.1) is 28.3 Å². The Balaban J connectivity index is 2.00. The largest absolute Gasteiger partial charge is 0.502 e. The third kappa shape index (κ3) is 3.22. The Labute approximate surface area is 148 Å². The molecule has 0 radical (unpaired) electrons. The molecule has 3 aromatic rings. The van der Waals surface area contributed by atoms with Crippen molar-refractivity contribution >= 4 is 54.5 Å². The summed E-state index contributed by atoms with van der Waals surface area (Å²) in [5, 5.41) is 21.5. The third-order valence-electron chi connectivity index (χ3n) is 3.18. The van der Waals surface area contributed by atoms with E-state index < -0.39 is 16.4 Å². The number of rotatable bonds is 4. The fraction of sp³-hybridized carbons (Fsp3) is 0.0667. The number of phenols is 1. The molecule has 0 atom stereocenters. The molecule has 24 heavy (non-hydrogen) atoms. The van der Waals surface area contributed by atoms with E-state index in [9.17, 15) is 15.2 Å². The highest BCUT2D eigenvalue weighted by Crippen LogP contribution is 2.34. The van der Waals surface area contributed by atoms with Crippen molar-refractivity contribution in [2.45, 2.75) is 0 Å². The number of benzene rings is 2. The summed E-state index contributed by atoms with van der Waals surface area (Å²) >= 11 is 4.77. The maximum Gasteiger partial charge on any atom is 0.315 e. The van der Waals surface area contributed by atoms with E-state index in [4.69, 9.17) is 4.74 Å². The van der Waals surface area contributed by atoms with Crippen LogP contribution in [0, 0.1) is 10.1 Å². The number of hydrogen-bond acceptors (Lipinski definition) is 7. The molecule has 2 aromatic carbocycles. The molecule has 3 rings (SSSR count). The minimum atomic E-state index is -0.676. The van der Waals surface area contributed by atoms with Crippen molar-refractivity contribution in [2.24, 2.45) is 4.99 Å². The number of hydrogen-bond donors (Lipinski definition) is 1. The van der Waals surface area contributed by atoms with Gasteiger partial charge in [0.1, 0.15) is 5.75 Å². The number of nitro groups is 1. The molecule has 0 fully saturated rings. The smallest absolute Gasteiger partial charge is 0.315 e. The summed E-state index contributed by atoms with van der Waals surface area (Å²) in [6.45, 7) is 0. The van der Waals surface area contributed by atoms with Gasteiger partial charge in [-0.05, 0) is 24.3 Å². The van der Waals surface area contributed by atoms with Crippen molar-refractivity contribution in [3.8, 4) is 11.5 Å². The molecule has 0 saturated carbocycles. The van der Waals surface area contributed by atoms with Crippen LogP contribution in [0.5, 0.6) is 11.5 Å². The van der Waals surface area contributed by atoms with Crippen LogP contribution in [0.25, 0.3) is 10.2 Å². The number of thiazole rings is 1. The molecule has 0 aliphatic rings. The lowest BCUT2D eigenvalue weighted by Gasteiger charge is -2.04. The lowest BCUT2D eigenvalue weighted by Crippen LogP contribution is -1.94. The number of fused-ring (bicyclic) bond motifs is 1. The van der Waals surface area contributed by atoms with Gasteiger partial charge in [-0.2, -0.15) is 0 Å². The van der Waals surface area contributed by atoms with Gasteiger partial charge in [-0.3, -0.25) is 10.1 Å². The van der Waals surface area contributed by atoms with Crippen LogP contribution in [0.2, 0.25) is 0 Å². The molecule has 1 aromatic heterocycles. The molecule has 0 unspecified atom stereocenters. The van der Waals surface area contributed by atoms with Gasteiger partial charge in [0.15, 0.2) is 0 Å². The van der Waals surface area contributed by atoms with Crippen molar-refractivity contribution in [2.75, 3.05) is 7.11 Å². The molecular weight excluding hydrogens is 398 g/mol. The Morgan fingerprint density at radius 3 is 2.92 bits per heavy atom. The molecule has 1 heterocycles. The van der Waals surface area contributed by atoms with Crippen molar-refractivity contribution in [1.29, 1.82) is 0 Å². The summed E-state index contributed by atoms with van der Waals surface area (Å²) in [5.41, 5.74) is 0.543. The normalized spacial score (nSPS) is 11.2. The number of aromatic nitrogens is 1. The number of aliphatic imine (C=N–C) groups is 1. The number of phenolic OH excluding ortho intramolecular Hbond substituents is 1. The van der Waals surface area contributed by atoms with E-state index in [0.29, 0.717) is 5.13 Å². The topological polar surface area (TPSA) is 97.9 Å². The van der Waals surface area contributed by atoms with E-state index in [1.807, 2.05) is 18.2 Å². The van der Waals surface area contributed by atoms with Crippen LogP contribution in [0.4, 0.5) is 10.8 Å². The lowest BCUT2D eigenvalue weighted by atomic mass is 10.1. The lowest BCUT2D eigenvalue weighted by molar-refractivity contribution is -0.385. The van der Waals surface area contributed by atoms with E-state index >= 15 is 0 Å². The molecule has 122 valence electrons. The number of aromatic hydroxyl groups is 1. The zero-order chi connectivity index (χ0) is 17.3. The Morgan fingerprint density at radius 2 is 2.21 bits per heavy atom. The number of ether oxygens (including phenoxy) is 1. The highest BCUT2D eigenvalue weighted by Gasteiger charge is 2.18. The Hall–Kier alpha value is -2.52. The van der Waals surface area contributed by atoms with E-state index in [-0.39, 0.29) is 11.3 Å². The molecule has 0 saturated heterocycles. The molecule has 9 heteroatoms. The minimum Gasteiger partial charge on any atom is -0.502 e. The monoisotopic (exact) mass is 407 g/mol. The fourth-order valence-corrected chi connectivity index (χ4v) is 3.40. The van der Waals surface area contributed by atoms with Gasteiger partial charge >= 0.3 is 5.69 Å². The van der Waals surface area contributed by atoms with Crippen LogP contribution >= 0.6 is 27.3 Å².